The van der Waals surface area contributed by atoms with Gasteiger partial charge in [-0.1, -0.05) is 18.2 Å². The molecule has 10 heteroatoms. The molecule has 1 amide bonds. The molecule has 2 aromatic carbocycles. The number of hydrogen-bond donors (Lipinski definition) is 2. The van der Waals surface area contributed by atoms with E-state index in [2.05, 4.69) is 10.3 Å². The fourth-order valence-electron chi connectivity index (χ4n) is 2.53. The first kappa shape index (κ1) is 21.0. The molecule has 0 aliphatic heterocycles. The van der Waals surface area contributed by atoms with E-state index in [0.717, 1.165) is 18.2 Å². The molecule has 1 heterocycles. The van der Waals surface area contributed by atoms with Gasteiger partial charge in [0.25, 0.3) is 5.91 Å². The summed E-state index contributed by atoms with van der Waals surface area (Å²) in [6.07, 6.45) is -4.84. The lowest BCUT2D eigenvalue weighted by atomic mass is 10.2. The van der Waals surface area contributed by atoms with Crippen molar-refractivity contribution in [3.8, 4) is 11.5 Å². The first-order chi connectivity index (χ1) is 14.1. The van der Waals surface area contributed by atoms with Crippen molar-refractivity contribution in [1.82, 2.24) is 10.3 Å². The standard InChI is InChI=1S/C20H14F5N3O2/c21-16-9-8-13(18(26)28-16)19(29)27-10-11-4-6-12(7-5-11)30-15-3-1-2-14(17(15)22)20(23,24)25/h1-9H,10H2,(H2,26,28)(H,27,29). The largest absolute Gasteiger partial charge is 0.454 e. The summed E-state index contributed by atoms with van der Waals surface area (Å²) >= 11 is 0. The molecule has 0 atom stereocenters. The van der Waals surface area contributed by atoms with Crippen molar-refractivity contribution in [3.05, 3.63) is 83.1 Å². The highest BCUT2D eigenvalue weighted by Gasteiger charge is 2.35. The van der Waals surface area contributed by atoms with Gasteiger partial charge < -0.3 is 15.8 Å². The second-order valence-electron chi connectivity index (χ2n) is 6.11. The number of benzene rings is 2. The number of anilines is 1. The minimum absolute atomic E-state index is 0.0105. The third kappa shape index (κ3) is 4.83. The van der Waals surface area contributed by atoms with Crippen LogP contribution >= 0.6 is 0 Å². The van der Waals surface area contributed by atoms with Crippen LogP contribution in [0.15, 0.2) is 54.6 Å². The Hall–Kier alpha value is -3.69. The van der Waals surface area contributed by atoms with Crippen LogP contribution in [0.2, 0.25) is 0 Å². The molecule has 5 nitrogen and oxygen atoms in total. The van der Waals surface area contributed by atoms with Crippen molar-refractivity contribution in [2.24, 2.45) is 0 Å². The summed E-state index contributed by atoms with van der Waals surface area (Å²) in [5, 5.41) is 2.57. The molecule has 3 aromatic rings. The number of carbonyl (C=O) groups excluding carboxylic acids is 1. The number of ether oxygens (including phenoxy) is 1. The van der Waals surface area contributed by atoms with Crippen LogP contribution in [0.3, 0.4) is 0 Å². The van der Waals surface area contributed by atoms with Crippen molar-refractivity contribution < 1.29 is 31.5 Å². The van der Waals surface area contributed by atoms with Crippen LogP contribution in [-0.2, 0) is 12.7 Å². The van der Waals surface area contributed by atoms with Gasteiger partial charge in [0.2, 0.25) is 5.95 Å². The quantitative estimate of drug-likeness (QED) is 0.461. The lowest BCUT2D eigenvalue weighted by Gasteiger charge is -2.12. The molecule has 3 N–H and O–H groups in total. The molecule has 30 heavy (non-hydrogen) atoms. The van der Waals surface area contributed by atoms with Crippen LogP contribution in [-0.4, -0.2) is 10.9 Å². The normalized spacial score (nSPS) is 11.2. The van der Waals surface area contributed by atoms with E-state index in [4.69, 9.17) is 10.5 Å². The fraction of sp³-hybridized carbons (Fsp3) is 0.100. The van der Waals surface area contributed by atoms with E-state index < -0.39 is 35.2 Å². The summed E-state index contributed by atoms with van der Waals surface area (Å²) < 4.78 is 70.5. The molecule has 3 rings (SSSR count). The van der Waals surface area contributed by atoms with Gasteiger partial charge in [0.05, 0.1) is 11.1 Å². The van der Waals surface area contributed by atoms with E-state index in [1.807, 2.05) is 0 Å². The monoisotopic (exact) mass is 423 g/mol. The zero-order chi connectivity index (χ0) is 21.9. The van der Waals surface area contributed by atoms with Crippen LogP contribution in [0.25, 0.3) is 0 Å². The van der Waals surface area contributed by atoms with E-state index in [-0.39, 0.29) is 23.7 Å². The van der Waals surface area contributed by atoms with E-state index >= 15 is 0 Å². The van der Waals surface area contributed by atoms with Crippen molar-refractivity contribution in [2.45, 2.75) is 12.7 Å². The molecule has 0 radical (unpaired) electrons. The fourth-order valence-corrected chi connectivity index (χ4v) is 2.53. The van der Waals surface area contributed by atoms with Gasteiger partial charge >= 0.3 is 6.18 Å². The van der Waals surface area contributed by atoms with Crippen LogP contribution < -0.4 is 15.8 Å². The summed E-state index contributed by atoms with van der Waals surface area (Å²) in [7, 11) is 0. The topological polar surface area (TPSA) is 77.2 Å². The van der Waals surface area contributed by atoms with E-state index in [1.165, 1.54) is 30.3 Å². The van der Waals surface area contributed by atoms with Gasteiger partial charge in [0, 0.05) is 6.54 Å². The Morgan fingerprint density at radius 3 is 2.37 bits per heavy atom. The SMILES string of the molecule is Nc1nc(F)ccc1C(=O)NCc1ccc(Oc2cccc(C(F)(F)F)c2F)cc1. The zero-order valence-electron chi connectivity index (χ0n) is 15.1. The van der Waals surface area contributed by atoms with Gasteiger partial charge in [-0.25, -0.2) is 9.37 Å². The van der Waals surface area contributed by atoms with Gasteiger partial charge in [-0.2, -0.15) is 17.6 Å². The highest BCUT2D eigenvalue weighted by atomic mass is 19.4. The number of rotatable bonds is 5. The number of halogens is 5. The second-order valence-corrected chi connectivity index (χ2v) is 6.11. The van der Waals surface area contributed by atoms with E-state index in [9.17, 15) is 26.7 Å². The third-order valence-corrected chi connectivity index (χ3v) is 4.01. The molecule has 0 fully saturated rings. The first-order valence-electron chi connectivity index (χ1n) is 8.48. The summed E-state index contributed by atoms with van der Waals surface area (Å²) in [4.78, 5) is 15.5. The van der Waals surface area contributed by atoms with E-state index in [0.29, 0.717) is 11.6 Å². The minimum atomic E-state index is -4.84. The number of amides is 1. The molecule has 0 aliphatic rings. The molecule has 0 unspecified atom stereocenters. The highest BCUT2D eigenvalue weighted by Crippen LogP contribution is 2.36. The summed E-state index contributed by atoms with van der Waals surface area (Å²) in [6.45, 7) is 0.0772. The van der Waals surface area contributed by atoms with Gasteiger partial charge in [-0.15, -0.1) is 0 Å². The summed E-state index contributed by atoms with van der Waals surface area (Å²) in [6, 6.07) is 10.8. The molecule has 156 valence electrons. The number of nitrogen functional groups attached to an aromatic ring is 1. The molecule has 0 saturated carbocycles. The third-order valence-electron chi connectivity index (χ3n) is 4.01. The molecule has 0 spiro atoms. The van der Waals surface area contributed by atoms with Crippen molar-refractivity contribution >= 4 is 11.7 Å². The number of carbonyl (C=O) groups is 1. The average Bonchev–Trinajstić information content (AvgIpc) is 2.68. The Morgan fingerprint density at radius 1 is 1.03 bits per heavy atom. The lowest BCUT2D eigenvalue weighted by Crippen LogP contribution is -2.24. The summed E-state index contributed by atoms with van der Waals surface area (Å²) in [5.41, 5.74) is 4.71. The number of nitrogens with two attached hydrogens (primary N) is 1. The second kappa shape index (κ2) is 8.36. The highest BCUT2D eigenvalue weighted by molar-refractivity contribution is 5.98. The number of nitrogens with one attached hydrogen (secondary N) is 1. The average molecular weight is 423 g/mol. The number of hydrogen-bond acceptors (Lipinski definition) is 4. The maximum Gasteiger partial charge on any atom is 0.419 e. The Bertz CT molecular complexity index is 1070. The number of nitrogens with zero attached hydrogens (tertiary/aromatic N) is 1. The van der Waals surface area contributed by atoms with Crippen molar-refractivity contribution in [2.75, 3.05) is 5.73 Å². The number of pyridine rings is 1. The number of aromatic nitrogens is 1. The van der Waals surface area contributed by atoms with Crippen molar-refractivity contribution in [1.29, 1.82) is 0 Å². The molecule has 0 saturated heterocycles. The molecule has 0 bridgehead atoms. The predicted octanol–water partition coefficient (Wildman–Crippen LogP) is 4.68. The number of alkyl halides is 3. The van der Waals surface area contributed by atoms with Crippen LogP contribution in [0.4, 0.5) is 27.8 Å². The Balaban J connectivity index is 1.65. The van der Waals surface area contributed by atoms with Gasteiger partial charge in [-0.05, 0) is 42.0 Å². The van der Waals surface area contributed by atoms with Crippen LogP contribution in [0, 0.1) is 11.8 Å². The van der Waals surface area contributed by atoms with Gasteiger partial charge in [0.1, 0.15) is 11.6 Å². The van der Waals surface area contributed by atoms with Gasteiger partial charge in [0.15, 0.2) is 11.6 Å². The lowest BCUT2D eigenvalue weighted by molar-refractivity contribution is -0.140. The van der Waals surface area contributed by atoms with Crippen molar-refractivity contribution in [3.63, 3.8) is 0 Å². The van der Waals surface area contributed by atoms with E-state index in [1.54, 1.807) is 0 Å². The smallest absolute Gasteiger partial charge is 0.419 e. The Labute approximate surface area is 167 Å². The van der Waals surface area contributed by atoms with Gasteiger partial charge in [-0.3, -0.25) is 4.79 Å². The molecular weight excluding hydrogens is 409 g/mol. The first-order valence-corrected chi connectivity index (χ1v) is 8.48. The van der Waals surface area contributed by atoms with Crippen LogP contribution in [0.5, 0.6) is 11.5 Å². The molecular formula is C20H14F5N3O2. The Morgan fingerprint density at radius 2 is 1.73 bits per heavy atom. The summed E-state index contributed by atoms with van der Waals surface area (Å²) in [5.74, 6) is -3.59. The molecule has 1 aromatic heterocycles. The molecule has 0 aliphatic carbocycles. The minimum Gasteiger partial charge on any atom is -0.454 e. The maximum atomic E-state index is 14.0. The Kier molecular flexibility index (Phi) is 5.86. The van der Waals surface area contributed by atoms with Crippen LogP contribution in [0.1, 0.15) is 21.5 Å². The predicted molar refractivity (Wildman–Crippen MR) is 97.7 cm³/mol. The zero-order valence-corrected chi connectivity index (χ0v) is 15.1. The maximum absolute atomic E-state index is 14.0.